The summed E-state index contributed by atoms with van der Waals surface area (Å²) < 4.78 is 42.2. The van der Waals surface area contributed by atoms with Crippen molar-refractivity contribution in [3.63, 3.8) is 0 Å². The van der Waals surface area contributed by atoms with Crippen LogP contribution in [0.3, 0.4) is 0 Å². The van der Waals surface area contributed by atoms with Gasteiger partial charge in [-0.1, -0.05) is 53.9 Å². The number of hydrogen-bond donors (Lipinski definition) is 1. The maximum Gasteiger partial charge on any atom is 0.264 e. The summed E-state index contributed by atoms with van der Waals surface area (Å²) in [6.07, 6.45) is 0.258. The number of sulfonamides is 1. The topological polar surface area (TPSA) is 86.8 Å². The monoisotopic (exact) mass is 621 g/mol. The first-order valence-corrected chi connectivity index (χ1v) is 15.2. The molecule has 3 aromatic carbocycles. The van der Waals surface area contributed by atoms with E-state index in [2.05, 4.69) is 5.32 Å². The SMILES string of the molecule is CC[C@@H](C(=O)NC(C)(C)C)N(Cc1ccc(Cl)cc1Cl)C(=O)CN(c1ccc(C)cc1)S(=O)(=O)c1ccc(F)cc1. The summed E-state index contributed by atoms with van der Waals surface area (Å²) in [6, 6.07) is 14.9. The van der Waals surface area contributed by atoms with Crippen LogP contribution in [0.4, 0.5) is 10.1 Å². The fraction of sp³-hybridized carbons (Fsp3) is 0.333. The van der Waals surface area contributed by atoms with Gasteiger partial charge in [-0.15, -0.1) is 0 Å². The summed E-state index contributed by atoms with van der Waals surface area (Å²) >= 11 is 12.5. The van der Waals surface area contributed by atoms with Crippen LogP contribution >= 0.6 is 23.2 Å². The molecule has 0 bridgehead atoms. The van der Waals surface area contributed by atoms with Crippen LogP contribution in [-0.2, 0) is 26.2 Å². The molecule has 2 amide bonds. The third-order valence-corrected chi connectivity index (χ3v) is 8.62. The highest BCUT2D eigenvalue weighted by atomic mass is 35.5. The number of benzene rings is 3. The van der Waals surface area contributed by atoms with Gasteiger partial charge >= 0.3 is 0 Å². The van der Waals surface area contributed by atoms with Crippen LogP contribution in [0.1, 0.15) is 45.2 Å². The lowest BCUT2D eigenvalue weighted by Gasteiger charge is -2.35. The van der Waals surface area contributed by atoms with Crippen LogP contribution in [0.2, 0.25) is 10.0 Å². The second-order valence-corrected chi connectivity index (χ2v) is 13.4. The van der Waals surface area contributed by atoms with Gasteiger partial charge in [0.2, 0.25) is 11.8 Å². The first-order valence-electron chi connectivity index (χ1n) is 13.0. The van der Waals surface area contributed by atoms with Crippen molar-refractivity contribution in [2.75, 3.05) is 10.8 Å². The minimum Gasteiger partial charge on any atom is -0.350 e. The molecule has 3 aromatic rings. The number of carbonyl (C=O) groups is 2. The molecular formula is C30H34Cl2FN3O4S. The van der Waals surface area contributed by atoms with Crippen molar-refractivity contribution in [3.8, 4) is 0 Å². The van der Waals surface area contributed by atoms with Crippen molar-refractivity contribution in [1.29, 1.82) is 0 Å². The van der Waals surface area contributed by atoms with E-state index in [0.717, 1.165) is 34.1 Å². The molecule has 0 saturated carbocycles. The first kappa shape index (κ1) is 32.4. The third-order valence-electron chi connectivity index (χ3n) is 6.24. The molecule has 3 rings (SSSR count). The minimum absolute atomic E-state index is 0.0662. The second-order valence-electron chi connectivity index (χ2n) is 10.7. The number of nitrogens with one attached hydrogen (secondary N) is 1. The number of nitrogens with zero attached hydrogens (tertiary/aromatic N) is 2. The average molecular weight is 623 g/mol. The molecule has 1 N–H and O–H groups in total. The third kappa shape index (κ3) is 8.44. The maximum absolute atomic E-state index is 14.1. The average Bonchev–Trinajstić information content (AvgIpc) is 2.88. The Balaban J connectivity index is 2.09. The highest BCUT2D eigenvalue weighted by Crippen LogP contribution is 2.27. The lowest BCUT2D eigenvalue weighted by Crippen LogP contribution is -2.55. The molecule has 7 nitrogen and oxygen atoms in total. The number of halogens is 3. The highest BCUT2D eigenvalue weighted by molar-refractivity contribution is 7.92. The van der Waals surface area contributed by atoms with Gasteiger partial charge in [-0.3, -0.25) is 13.9 Å². The van der Waals surface area contributed by atoms with E-state index in [9.17, 15) is 22.4 Å². The first-order chi connectivity index (χ1) is 19.1. The molecule has 0 radical (unpaired) electrons. The van der Waals surface area contributed by atoms with Gasteiger partial charge in [-0.2, -0.15) is 0 Å². The van der Waals surface area contributed by atoms with Crippen LogP contribution < -0.4 is 9.62 Å². The van der Waals surface area contributed by atoms with Crippen molar-refractivity contribution >= 4 is 50.7 Å². The summed E-state index contributed by atoms with van der Waals surface area (Å²) in [4.78, 5) is 28.6. The number of anilines is 1. The van der Waals surface area contributed by atoms with Gasteiger partial charge in [-0.25, -0.2) is 12.8 Å². The molecule has 0 heterocycles. The van der Waals surface area contributed by atoms with Crippen molar-refractivity contribution in [2.24, 2.45) is 0 Å². The van der Waals surface area contributed by atoms with Gasteiger partial charge in [0.25, 0.3) is 10.0 Å². The van der Waals surface area contributed by atoms with E-state index in [1.54, 1.807) is 43.3 Å². The Hall–Kier alpha value is -3.14. The predicted molar refractivity (Wildman–Crippen MR) is 161 cm³/mol. The summed E-state index contributed by atoms with van der Waals surface area (Å²) in [5, 5.41) is 3.62. The standard InChI is InChI=1S/C30H34Cl2FN3O4S/c1-6-27(29(38)34-30(3,4)5)35(18-21-9-10-22(31)17-26(21)32)28(37)19-36(24-13-7-20(2)8-14-24)41(39,40)25-15-11-23(33)12-16-25/h7-17,27H,6,18-19H2,1-5H3,(H,34,38)/t27-/m0/s1. The number of amides is 2. The smallest absolute Gasteiger partial charge is 0.264 e. The summed E-state index contributed by atoms with van der Waals surface area (Å²) in [7, 11) is -4.31. The highest BCUT2D eigenvalue weighted by Gasteiger charge is 2.35. The summed E-state index contributed by atoms with van der Waals surface area (Å²) in [6.45, 7) is 8.42. The molecular weight excluding hydrogens is 588 g/mol. The van der Waals surface area contributed by atoms with Gasteiger partial charge in [0.15, 0.2) is 0 Å². The lowest BCUT2D eigenvalue weighted by molar-refractivity contribution is -0.141. The Morgan fingerprint density at radius 3 is 2.12 bits per heavy atom. The second kappa shape index (κ2) is 13.2. The van der Waals surface area contributed by atoms with Crippen LogP contribution in [0.15, 0.2) is 71.6 Å². The van der Waals surface area contributed by atoms with E-state index in [1.165, 1.54) is 11.0 Å². The Morgan fingerprint density at radius 2 is 1.59 bits per heavy atom. The fourth-order valence-corrected chi connectivity index (χ4v) is 6.06. The van der Waals surface area contributed by atoms with Crippen molar-refractivity contribution in [2.45, 2.75) is 64.1 Å². The Bertz CT molecular complexity index is 1490. The number of aryl methyl sites for hydroxylation is 1. The van der Waals surface area contributed by atoms with Crippen molar-refractivity contribution in [3.05, 3.63) is 93.7 Å². The zero-order valence-electron chi connectivity index (χ0n) is 23.6. The maximum atomic E-state index is 14.1. The zero-order valence-corrected chi connectivity index (χ0v) is 25.9. The molecule has 41 heavy (non-hydrogen) atoms. The molecule has 1 atom stereocenters. The summed E-state index contributed by atoms with van der Waals surface area (Å²) in [5.74, 6) is -1.61. The normalized spacial score (nSPS) is 12.5. The van der Waals surface area contributed by atoms with E-state index >= 15 is 0 Å². The Labute approximate surface area is 251 Å². The Morgan fingerprint density at radius 1 is 0.976 bits per heavy atom. The molecule has 0 spiro atoms. The minimum atomic E-state index is -4.31. The van der Waals surface area contributed by atoms with Gasteiger partial charge < -0.3 is 10.2 Å². The van der Waals surface area contributed by atoms with E-state index < -0.39 is 39.9 Å². The molecule has 0 saturated heterocycles. The van der Waals surface area contributed by atoms with Gasteiger partial charge in [0.05, 0.1) is 10.6 Å². The van der Waals surface area contributed by atoms with Gasteiger partial charge in [0.1, 0.15) is 18.4 Å². The van der Waals surface area contributed by atoms with Crippen LogP contribution in [0, 0.1) is 12.7 Å². The van der Waals surface area contributed by atoms with Crippen LogP contribution in [0.5, 0.6) is 0 Å². The number of rotatable bonds is 10. The molecule has 0 aliphatic rings. The molecule has 220 valence electrons. The predicted octanol–water partition coefficient (Wildman–Crippen LogP) is 6.36. The lowest BCUT2D eigenvalue weighted by atomic mass is 10.1. The quantitative estimate of drug-likeness (QED) is 0.285. The van der Waals surface area contributed by atoms with E-state index in [4.69, 9.17) is 23.2 Å². The summed E-state index contributed by atoms with van der Waals surface area (Å²) in [5.41, 5.74) is 1.10. The number of hydrogen-bond acceptors (Lipinski definition) is 4. The molecule has 0 aliphatic heterocycles. The van der Waals surface area contributed by atoms with Crippen LogP contribution in [-0.4, -0.2) is 43.3 Å². The molecule has 0 aliphatic carbocycles. The van der Waals surface area contributed by atoms with Crippen molar-refractivity contribution < 1.29 is 22.4 Å². The van der Waals surface area contributed by atoms with Crippen LogP contribution in [0.25, 0.3) is 0 Å². The van der Waals surface area contributed by atoms with E-state index in [0.29, 0.717) is 15.6 Å². The molecule has 0 fully saturated rings. The van der Waals surface area contributed by atoms with Gasteiger partial charge in [-0.05, 0) is 88.2 Å². The van der Waals surface area contributed by atoms with E-state index in [-0.39, 0.29) is 29.5 Å². The fourth-order valence-electron chi connectivity index (χ4n) is 4.18. The number of carbonyl (C=O) groups excluding carboxylic acids is 2. The Kier molecular flexibility index (Phi) is 10.4. The molecule has 0 aromatic heterocycles. The molecule has 0 unspecified atom stereocenters. The molecule has 11 heteroatoms. The zero-order chi connectivity index (χ0) is 30.5. The largest absolute Gasteiger partial charge is 0.350 e. The van der Waals surface area contributed by atoms with Crippen molar-refractivity contribution in [1.82, 2.24) is 10.2 Å². The van der Waals surface area contributed by atoms with Gasteiger partial charge in [0, 0.05) is 22.1 Å². The van der Waals surface area contributed by atoms with E-state index in [1.807, 2.05) is 27.7 Å².